The van der Waals surface area contributed by atoms with E-state index in [0.29, 0.717) is 5.92 Å². The SMILES string of the molecule is CC1c2ccccc2CCN1C(=O)OC1C[N+]2(C)CCC1CC2. The lowest BCUT2D eigenvalue weighted by Crippen LogP contribution is -2.62. The average molecular weight is 315 g/mol. The Hall–Kier alpha value is -1.55. The van der Waals surface area contributed by atoms with Gasteiger partial charge in [0.15, 0.2) is 6.10 Å². The monoisotopic (exact) mass is 315 g/mol. The van der Waals surface area contributed by atoms with Gasteiger partial charge in [-0.15, -0.1) is 0 Å². The summed E-state index contributed by atoms with van der Waals surface area (Å²) in [6.07, 6.45) is 3.33. The normalized spacial score (nSPS) is 35.7. The molecule has 4 aliphatic rings. The van der Waals surface area contributed by atoms with Crippen LogP contribution in [0.15, 0.2) is 24.3 Å². The minimum Gasteiger partial charge on any atom is -0.440 e. The van der Waals surface area contributed by atoms with Crippen LogP contribution in [0.1, 0.15) is 36.9 Å². The van der Waals surface area contributed by atoms with Crippen LogP contribution >= 0.6 is 0 Å². The lowest BCUT2D eigenvalue weighted by Gasteiger charge is -2.50. The maximum absolute atomic E-state index is 12.8. The molecule has 1 amide bonds. The first-order chi connectivity index (χ1) is 11.1. The van der Waals surface area contributed by atoms with Crippen molar-refractivity contribution in [1.29, 1.82) is 0 Å². The Balaban J connectivity index is 1.46. The first kappa shape index (κ1) is 15.0. The lowest BCUT2D eigenvalue weighted by atomic mass is 9.84. The van der Waals surface area contributed by atoms with Crippen LogP contribution in [0.4, 0.5) is 4.79 Å². The van der Waals surface area contributed by atoms with E-state index < -0.39 is 0 Å². The van der Waals surface area contributed by atoms with Crippen molar-refractivity contribution in [3.8, 4) is 0 Å². The average Bonchev–Trinajstić information content (AvgIpc) is 2.55. The molecule has 4 heteroatoms. The van der Waals surface area contributed by atoms with Crippen LogP contribution < -0.4 is 0 Å². The summed E-state index contributed by atoms with van der Waals surface area (Å²) in [5.41, 5.74) is 2.63. The number of quaternary nitrogens is 1. The Bertz CT molecular complexity index is 607. The molecule has 4 aliphatic heterocycles. The van der Waals surface area contributed by atoms with Gasteiger partial charge < -0.3 is 14.1 Å². The zero-order chi connectivity index (χ0) is 16.0. The molecule has 124 valence electrons. The molecule has 1 aromatic carbocycles. The van der Waals surface area contributed by atoms with Crippen molar-refractivity contribution >= 4 is 6.09 Å². The minimum atomic E-state index is -0.114. The first-order valence-corrected chi connectivity index (χ1v) is 8.94. The molecule has 0 radical (unpaired) electrons. The summed E-state index contributed by atoms with van der Waals surface area (Å²) in [7, 11) is 2.30. The van der Waals surface area contributed by atoms with Gasteiger partial charge in [0.25, 0.3) is 0 Å². The van der Waals surface area contributed by atoms with Crippen molar-refractivity contribution in [2.24, 2.45) is 5.92 Å². The molecule has 0 saturated carbocycles. The van der Waals surface area contributed by atoms with Crippen LogP contribution in [-0.2, 0) is 11.2 Å². The van der Waals surface area contributed by atoms with Gasteiger partial charge in [-0.2, -0.15) is 0 Å². The fraction of sp³-hybridized carbons (Fsp3) is 0.632. The van der Waals surface area contributed by atoms with Gasteiger partial charge >= 0.3 is 6.09 Å². The van der Waals surface area contributed by atoms with E-state index in [9.17, 15) is 4.79 Å². The summed E-state index contributed by atoms with van der Waals surface area (Å²) in [5, 5.41) is 0. The summed E-state index contributed by atoms with van der Waals surface area (Å²) >= 11 is 0. The molecule has 0 N–H and O–H groups in total. The fourth-order valence-electron chi connectivity index (χ4n) is 4.70. The number of carbonyl (C=O) groups excluding carboxylic acids is 1. The maximum atomic E-state index is 12.8. The maximum Gasteiger partial charge on any atom is 0.410 e. The molecule has 1 aromatic rings. The van der Waals surface area contributed by atoms with E-state index in [0.717, 1.165) is 24.0 Å². The summed E-state index contributed by atoms with van der Waals surface area (Å²) < 4.78 is 7.06. The number of hydrogen-bond donors (Lipinski definition) is 0. The predicted molar refractivity (Wildman–Crippen MR) is 89.0 cm³/mol. The third-order valence-corrected chi connectivity index (χ3v) is 6.31. The zero-order valence-corrected chi connectivity index (χ0v) is 14.2. The van der Waals surface area contributed by atoms with E-state index in [-0.39, 0.29) is 18.2 Å². The van der Waals surface area contributed by atoms with Gasteiger partial charge in [-0.1, -0.05) is 24.3 Å². The van der Waals surface area contributed by atoms with Crippen molar-refractivity contribution in [1.82, 2.24) is 4.90 Å². The molecule has 0 spiro atoms. The quantitative estimate of drug-likeness (QED) is 0.746. The molecule has 2 bridgehead atoms. The van der Waals surface area contributed by atoms with E-state index >= 15 is 0 Å². The highest BCUT2D eigenvalue weighted by Gasteiger charge is 2.46. The Labute approximate surface area is 138 Å². The second-order valence-corrected chi connectivity index (χ2v) is 7.83. The van der Waals surface area contributed by atoms with E-state index in [1.165, 1.54) is 37.1 Å². The number of ether oxygens (including phenoxy) is 1. The Kier molecular flexibility index (Phi) is 3.60. The zero-order valence-electron chi connectivity index (χ0n) is 14.2. The molecule has 0 aromatic heterocycles. The minimum absolute atomic E-state index is 0.110. The summed E-state index contributed by atoms with van der Waals surface area (Å²) in [6, 6.07) is 8.56. The van der Waals surface area contributed by atoms with Crippen molar-refractivity contribution in [2.75, 3.05) is 33.2 Å². The third kappa shape index (κ3) is 2.63. The Morgan fingerprint density at radius 2 is 2.00 bits per heavy atom. The number of fused-ring (bicyclic) bond motifs is 4. The van der Waals surface area contributed by atoms with E-state index in [4.69, 9.17) is 4.74 Å². The molecular weight excluding hydrogens is 288 g/mol. The van der Waals surface area contributed by atoms with Gasteiger partial charge in [0.05, 0.1) is 26.2 Å². The standard InChI is InChI=1S/C19H27N2O2/c1-14-17-6-4-3-5-15(17)7-10-20(14)19(22)23-18-13-21(2)11-8-16(18)9-12-21/h3-6,14,16,18H,7-13H2,1-2H3/q+1. The van der Waals surface area contributed by atoms with Gasteiger partial charge in [0.2, 0.25) is 0 Å². The molecule has 3 fully saturated rings. The van der Waals surface area contributed by atoms with Crippen molar-refractivity contribution in [3.05, 3.63) is 35.4 Å². The molecule has 3 saturated heterocycles. The van der Waals surface area contributed by atoms with Gasteiger partial charge in [-0.3, -0.25) is 0 Å². The molecule has 0 aliphatic carbocycles. The number of nitrogens with zero attached hydrogens (tertiary/aromatic N) is 2. The molecular formula is C19H27N2O2+. The molecule has 5 rings (SSSR count). The second-order valence-electron chi connectivity index (χ2n) is 7.83. The molecule has 23 heavy (non-hydrogen) atoms. The number of benzene rings is 1. The van der Waals surface area contributed by atoms with Crippen molar-refractivity contribution in [3.63, 3.8) is 0 Å². The van der Waals surface area contributed by atoms with Gasteiger partial charge in [-0.25, -0.2) is 4.79 Å². The van der Waals surface area contributed by atoms with Crippen molar-refractivity contribution < 1.29 is 14.0 Å². The highest BCUT2D eigenvalue weighted by Crippen LogP contribution is 2.35. The fourth-order valence-corrected chi connectivity index (χ4v) is 4.70. The number of rotatable bonds is 1. The highest BCUT2D eigenvalue weighted by atomic mass is 16.6. The number of likely N-dealkylation sites (N-methyl/N-ethyl adjacent to an activating group) is 1. The molecule has 2 atom stereocenters. The number of piperidine rings is 3. The van der Waals surface area contributed by atoms with Gasteiger partial charge in [0, 0.05) is 25.3 Å². The van der Waals surface area contributed by atoms with Crippen LogP contribution in [-0.4, -0.2) is 54.8 Å². The van der Waals surface area contributed by atoms with E-state index in [2.05, 4.69) is 38.2 Å². The molecule has 4 nitrogen and oxygen atoms in total. The Morgan fingerprint density at radius 3 is 2.74 bits per heavy atom. The third-order valence-electron chi connectivity index (χ3n) is 6.31. The predicted octanol–water partition coefficient (Wildman–Crippen LogP) is 2.98. The van der Waals surface area contributed by atoms with Gasteiger partial charge in [0.1, 0.15) is 6.54 Å². The van der Waals surface area contributed by atoms with E-state index in [1.807, 2.05) is 4.90 Å². The van der Waals surface area contributed by atoms with Crippen LogP contribution in [0.3, 0.4) is 0 Å². The van der Waals surface area contributed by atoms with Crippen LogP contribution in [0.5, 0.6) is 0 Å². The topological polar surface area (TPSA) is 29.5 Å². The number of amides is 1. The first-order valence-electron chi connectivity index (χ1n) is 8.94. The summed E-state index contributed by atoms with van der Waals surface area (Å²) in [6.45, 7) is 6.36. The second kappa shape index (κ2) is 5.52. The Morgan fingerprint density at radius 1 is 1.26 bits per heavy atom. The highest BCUT2D eigenvalue weighted by molar-refractivity contribution is 5.69. The van der Waals surface area contributed by atoms with Gasteiger partial charge in [-0.05, 0) is 24.5 Å². The van der Waals surface area contributed by atoms with Crippen LogP contribution in [0, 0.1) is 5.92 Å². The largest absolute Gasteiger partial charge is 0.440 e. The summed E-state index contributed by atoms with van der Waals surface area (Å²) in [5.74, 6) is 0.575. The van der Waals surface area contributed by atoms with Crippen LogP contribution in [0.25, 0.3) is 0 Å². The molecule has 2 unspecified atom stereocenters. The summed E-state index contributed by atoms with van der Waals surface area (Å²) in [4.78, 5) is 14.7. The van der Waals surface area contributed by atoms with Crippen molar-refractivity contribution in [2.45, 2.75) is 38.3 Å². The molecule has 4 heterocycles. The van der Waals surface area contributed by atoms with E-state index in [1.54, 1.807) is 0 Å². The number of carbonyl (C=O) groups is 1. The number of hydrogen-bond acceptors (Lipinski definition) is 2. The smallest absolute Gasteiger partial charge is 0.410 e. The van der Waals surface area contributed by atoms with Crippen LogP contribution in [0.2, 0.25) is 0 Å². The lowest BCUT2D eigenvalue weighted by molar-refractivity contribution is -0.928.